The average molecular weight is 524 g/mol. The van der Waals surface area contributed by atoms with Gasteiger partial charge in [-0.3, -0.25) is 14.5 Å². The lowest BCUT2D eigenvalue weighted by Crippen LogP contribution is -2.66. The Balaban J connectivity index is 1.34. The summed E-state index contributed by atoms with van der Waals surface area (Å²) in [6, 6.07) is 22.2. The third kappa shape index (κ3) is 4.14. The highest BCUT2D eigenvalue weighted by Crippen LogP contribution is 2.42. The number of benzene rings is 3. The molecule has 184 valence electrons. The molecular weight excluding hydrogens is 502 g/mol. The van der Waals surface area contributed by atoms with E-state index in [2.05, 4.69) is 0 Å². The molecule has 7 nitrogen and oxygen atoms in total. The van der Waals surface area contributed by atoms with Crippen LogP contribution in [0.4, 0.5) is 0 Å². The predicted octanol–water partition coefficient (Wildman–Crippen LogP) is 4.30. The lowest BCUT2D eigenvalue weighted by molar-refractivity contribution is -0.310. The van der Waals surface area contributed by atoms with Gasteiger partial charge in [0.25, 0.3) is 11.8 Å². The normalized spacial score (nSPS) is 29.7. The molecular formula is C27H22ClNO6S. The van der Waals surface area contributed by atoms with Crippen molar-refractivity contribution in [3.63, 3.8) is 0 Å². The molecule has 0 aromatic heterocycles. The third-order valence-electron chi connectivity index (χ3n) is 6.59. The zero-order chi connectivity index (χ0) is 24.8. The van der Waals surface area contributed by atoms with E-state index >= 15 is 0 Å². The van der Waals surface area contributed by atoms with Crippen LogP contribution in [-0.2, 0) is 14.2 Å². The van der Waals surface area contributed by atoms with E-state index in [1.807, 2.05) is 42.5 Å². The smallest absolute Gasteiger partial charge is 0.262 e. The molecule has 3 heterocycles. The van der Waals surface area contributed by atoms with Crippen LogP contribution in [0.25, 0.3) is 0 Å². The van der Waals surface area contributed by atoms with E-state index < -0.39 is 47.9 Å². The van der Waals surface area contributed by atoms with Crippen LogP contribution in [0.5, 0.6) is 0 Å². The van der Waals surface area contributed by atoms with Gasteiger partial charge in [-0.15, -0.1) is 0 Å². The van der Waals surface area contributed by atoms with Crippen molar-refractivity contribution < 1.29 is 28.9 Å². The van der Waals surface area contributed by atoms with Gasteiger partial charge in [0.05, 0.1) is 17.7 Å². The number of rotatable bonds is 4. The molecule has 0 bridgehead atoms. The number of fused-ring (bicyclic) bond motifs is 2. The molecule has 0 unspecified atom stereocenters. The Labute approximate surface area is 216 Å². The largest absolute Gasteiger partial charge is 0.388 e. The second-order valence-corrected chi connectivity index (χ2v) is 10.4. The van der Waals surface area contributed by atoms with E-state index in [-0.39, 0.29) is 6.61 Å². The number of hydrogen-bond acceptors (Lipinski definition) is 7. The molecule has 3 aliphatic heterocycles. The van der Waals surface area contributed by atoms with Crippen molar-refractivity contribution in [1.82, 2.24) is 4.90 Å². The quantitative estimate of drug-likeness (QED) is 0.510. The summed E-state index contributed by atoms with van der Waals surface area (Å²) in [6.07, 6.45) is -3.29. The minimum Gasteiger partial charge on any atom is -0.388 e. The number of aliphatic hydroxyl groups excluding tert-OH is 1. The molecule has 3 aromatic carbocycles. The van der Waals surface area contributed by atoms with Crippen molar-refractivity contribution in [2.75, 3.05) is 6.61 Å². The van der Waals surface area contributed by atoms with Crippen molar-refractivity contribution in [3.05, 3.63) is 101 Å². The maximum Gasteiger partial charge on any atom is 0.262 e. The van der Waals surface area contributed by atoms with E-state index in [0.717, 1.165) is 15.4 Å². The third-order valence-corrected chi connectivity index (χ3v) is 8.01. The molecule has 1 N–H and O–H groups in total. The van der Waals surface area contributed by atoms with Gasteiger partial charge in [0.15, 0.2) is 6.29 Å². The molecule has 0 saturated carbocycles. The van der Waals surface area contributed by atoms with Gasteiger partial charge < -0.3 is 19.3 Å². The van der Waals surface area contributed by atoms with Gasteiger partial charge in [0, 0.05) is 15.5 Å². The summed E-state index contributed by atoms with van der Waals surface area (Å²) in [4.78, 5) is 28.7. The molecule has 6 atom stereocenters. The number of imide groups is 1. The Morgan fingerprint density at radius 1 is 0.861 bits per heavy atom. The lowest BCUT2D eigenvalue weighted by atomic mass is 9.95. The van der Waals surface area contributed by atoms with Gasteiger partial charge in [-0.25, -0.2) is 0 Å². The number of amides is 2. The first-order chi connectivity index (χ1) is 17.5. The summed E-state index contributed by atoms with van der Waals surface area (Å²) in [7, 11) is 0. The molecule has 36 heavy (non-hydrogen) atoms. The highest BCUT2D eigenvalue weighted by Gasteiger charge is 2.55. The van der Waals surface area contributed by atoms with Crippen LogP contribution in [0.2, 0.25) is 5.02 Å². The second-order valence-electron chi connectivity index (χ2n) is 8.80. The molecule has 2 fully saturated rings. The minimum atomic E-state index is -1.20. The number of aliphatic hydroxyl groups is 1. The number of thioether (sulfide) groups is 1. The first-order valence-electron chi connectivity index (χ1n) is 11.6. The van der Waals surface area contributed by atoms with Crippen molar-refractivity contribution in [2.24, 2.45) is 0 Å². The lowest BCUT2D eigenvalue weighted by Gasteiger charge is -2.49. The number of carbonyl (C=O) groups is 2. The van der Waals surface area contributed by atoms with Gasteiger partial charge >= 0.3 is 0 Å². The summed E-state index contributed by atoms with van der Waals surface area (Å²) in [5.74, 6) is -0.926. The molecule has 6 rings (SSSR count). The highest BCUT2D eigenvalue weighted by atomic mass is 35.5. The maximum absolute atomic E-state index is 13.4. The van der Waals surface area contributed by atoms with E-state index in [1.54, 1.807) is 36.4 Å². The molecule has 0 spiro atoms. The van der Waals surface area contributed by atoms with Gasteiger partial charge in [-0.2, -0.15) is 0 Å². The Morgan fingerprint density at radius 2 is 1.50 bits per heavy atom. The standard InChI is InChI=1S/C27H22ClNO6S/c28-16-10-12-17(13-11-16)36-27-21(29-24(31)18-8-4-5-9-19(18)25(29)32)22(30)23-20(34-27)14-33-26(35-23)15-6-2-1-3-7-15/h1-13,20-23,26-27,30H,14H2/t20-,21-,22-,23-,26-,27+/m1/s1. The topological polar surface area (TPSA) is 85.3 Å². The minimum absolute atomic E-state index is 0.188. The monoisotopic (exact) mass is 523 g/mol. The molecule has 2 saturated heterocycles. The van der Waals surface area contributed by atoms with E-state index in [1.165, 1.54) is 11.8 Å². The zero-order valence-electron chi connectivity index (χ0n) is 18.9. The Hall–Kier alpha value is -2.72. The van der Waals surface area contributed by atoms with Gasteiger partial charge in [-0.05, 0) is 36.4 Å². The second kappa shape index (κ2) is 9.63. The van der Waals surface area contributed by atoms with Crippen molar-refractivity contribution in [3.8, 4) is 0 Å². The molecule has 9 heteroatoms. The summed E-state index contributed by atoms with van der Waals surface area (Å²) < 4.78 is 18.5. The SMILES string of the molecule is O=C1c2ccccc2C(=O)N1[C@@H]1[C@@H](O)[C@@H]2O[C@H](c3ccccc3)OC[C@H]2O[C@H]1Sc1ccc(Cl)cc1. The van der Waals surface area contributed by atoms with E-state index in [4.69, 9.17) is 25.8 Å². The van der Waals surface area contributed by atoms with Crippen LogP contribution < -0.4 is 0 Å². The summed E-state index contributed by atoms with van der Waals surface area (Å²) >= 11 is 7.35. The van der Waals surface area contributed by atoms with Gasteiger partial charge in [0.2, 0.25) is 0 Å². The van der Waals surface area contributed by atoms with Crippen LogP contribution in [-0.4, -0.2) is 58.2 Å². The predicted molar refractivity (Wildman–Crippen MR) is 133 cm³/mol. The fourth-order valence-electron chi connectivity index (χ4n) is 4.85. The fourth-order valence-corrected chi connectivity index (χ4v) is 6.16. The summed E-state index contributed by atoms with van der Waals surface area (Å²) in [5.41, 5.74) is 0.660. The zero-order valence-corrected chi connectivity index (χ0v) is 20.5. The van der Waals surface area contributed by atoms with Crippen molar-refractivity contribution >= 4 is 35.2 Å². The Kier molecular flexibility index (Phi) is 6.33. The van der Waals surface area contributed by atoms with Crippen LogP contribution in [0, 0.1) is 0 Å². The summed E-state index contributed by atoms with van der Waals surface area (Å²) in [5, 5.41) is 12.2. The van der Waals surface area contributed by atoms with Crippen LogP contribution >= 0.6 is 23.4 Å². The molecule has 3 aromatic rings. The Bertz CT molecular complexity index is 1250. The van der Waals surface area contributed by atoms with Gasteiger partial charge in [-0.1, -0.05) is 65.8 Å². The number of carbonyl (C=O) groups excluding carboxylic acids is 2. The first-order valence-corrected chi connectivity index (χ1v) is 12.8. The van der Waals surface area contributed by atoms with Gasteiger partial charge in [0.1, 0.15) is 29.8 Å². The molecule has 2 amide bonds. The van der Waals surface area contributed by atoms with E-state index in [0.29, 0.717) is 16.1 Å². The van der Waals surface area contributed by atoms with Crippen LogP contribution in [0.1, 0.15) is 32.6 Å². The number of ether oxygens (including phenoxy) is 3. The van der Waals surface area contributed by atoms with Crippen molar-refractivity contribution in [1.29, 1.82) is 0 Å². The van der Waals surface area contributed by atoms with Crippen molar-refractivity contribution in [2.45, 2.75) is 41.0 Å². The molecule has 0 radical (unpaired) electrons. The molecule has 0 aliphatic carbocycles. The van der Waals surface area contributed by atoms with Crippen LogP contribution in [0.15, 0.2) is 83.8 Å². The number of hydrogen-bond donors (Lipinski definition) is 1. The maximum atomic E-state index is 13.4. The number of halogens is 1. The molecule has 3 aliphatic rings. The highest BCUT2D eigenvalue weighted by molar-refractivity contribution is 7.99. The Morgan fingerprint density at radius 3 is 2.17 bits per heavy atom. The fraction of sp³-hybridized carbons (Fsp3) is 0.259. The average Bonchev–Trinajstić information content (AvgIpc) is 3.16. The van der Waals surface area contributed by atoms with Crippen LogP contribution in [0.3, 0.4) is 0 Å². The number of nitrogens with zero attached hydrogens (tertiary/aromatic N) is 1. The first kappa shape index (κ1) is 23.7. The summed E-state index contributed by atoms with van der Waals surface area (Å²) in [6.45, 7) is 0.188. The van der Waals surface area contributed by atoms with E-state index in [9.17, 15) is 14.7 Å².